The van der Waals surface area contributed by atoms with Crippen LogP contribution in [0, 0.1) is 12.7 Å². The van der Waals surface area contributed by atoms with E-state index < -0.39 is 11.8 Å². The van der Waals surface area contributed by atoms with Crippen molar-refractivity contribution in [2.24, 2.45) is 0 Å². The van der Waals surface area contributed by atoms with Crippen molar-refractivity contribution in [3.05, 3.63) is 94.8 Å². The number of methoxy groups -OCH3 is 1. The summed E-state index contributed by atoms with van der Waals surface area (Å²) in [5.74, 6) is -1.10. The highest BCUT2D eigenvalue weighted by atomic mass is 19.1. The molecule has 3 rings (SSSR count). The van der Waals surface area contributed by atoms with Gasteiger partial charge in [-0.15, -0.1) is 0 Å². The van der Waals surface area contributed by atoms with E-state index in [0.717, 1.165) is 5.56 Å². The molecule has 0 fully saturated rings. The molecule has 0 aliphatic rings. The van der Waals surface area contributed by atoms with Gasteiger partial charge in [0.2, 0.25) is 0 Å². The molecule has 0 heterocycles. The Hall–Kier alpha value is -3.64. The van der Waals surface area contributed by atoms with Gasteiger partial charge in [-0.05, 0) is 30.7 Å². The first kappa shape index (κ1) is 22.1. The standard InChI is InChI=1S/C25H23FO5/c1-17-21(25(28)31-19-12-7-4-8-13-19)23(30-16-18-10-5-3-6-11-18)20(14-9-15-27)24(29-2)22(17)26/h3-14,27H,15-16H2,1-2H3/b14-9+. The first-order valence-electron chi connectivity index (χ1n) is 9.68. The largest absolute Gasteiger partial charge is 0.493 e. The summed E-state index contributed by atoms with van der Waals surface area (Å²) in [4.78, 5) is 13.1. The maximum atomic E-state index is 15.1. The van der Waals surface area contributed by atoms with Crippen molar-refractivity contribution in [1.82, 2.24) is 0 Å². The van der Waals surface area contributed by atoms with Crippen LogP contribution in [-0.2, 0) is 6.61 Å². The molecule has 3 aromatic rings. The average molecular weight is 422 g/mol. The van der Waals surface area contributed by atoms with Gasteiger partial charge in [0, 0.05) is 5.56 Å². The fourth-order valence-electron chi connectivity index (χ4n) is 3.10. The summed E-state index contributed by atoms with van der Waals surface area (Å²) in [6, 6.07) is 17.9. The Bertz CT molecular complexity index is 1060. The highest BCUT2D eigenvalue weighted by Gasteiger charge is 2.28. The summed E-state index contributed by atoms with van der Waals surface area (Å²) >= 11 is 0. The van der Waals surface area contributed by atoms with E-state index in [1.807, 2.05) is 30.3 Å². The molecule has 0 radical (unpaired) electrons. The normalized spacial score (nSPS) is 10.8. The molecule has 0 aliphatic carbocycles. The lowest BCUT2D eigenvalue weighted by Crippen LogP contribution is -2.16. The number of ether oxygens (including phenoxy) is 3. The van der Waals surface area contributed by atoms with Gasteiger partial charge >= 0.3 is 5.97 Å². The molecule has 0 saturated carbocycles. The third-order valence-corrected chi connectivity index (χ3v) is 4.60. The van der Waals surface area contributed by atoms with Gasteiger partial charge in [0.25, 0.3) is 0 Å². The molecule has 0 atom stereocenters. The lowest BCUT2D eigenvalue weighted by molar-refractivity contribution is 0.0728. The molecular weight excluding hydrogens is 399 g/mol. The lowest BCUT2D eigenvalue weighted by atomic mass is 10.00. The molecule has 0 saturated heterocycles. The Balaban J connectivity index is 2.12. The van der Waals surface area contributed by atoms with Crippen molar-refractivity contribution in [3.63, 3.8) is 0 Å². The van der Waals surface area contributed by atoms with Gasteiger partial charge in [0.1, 0.15) is 23.7 Å². The number of aliphatic hydroxyl groups is 1. The molecular formula is C25H23FO5. The molecule has 31 heavy (non-hydrogen) atoms. The third-order valence-electron chi connectivity index (χ3n) is 4.60. The predicted molar refractivity (Wildman–Crippen MR) is 116 cm³/mol. The minimum atomic E-state index is -0.757. The minimum absolute atomic E-state index is 0.0435. The summed E-state index contributed by atoms with van der Waals surface area (Å²) in [6.07, 6.45) is 2.87. The van der Waals surface area contributed by atoms with Gasteiger partial charge in [0.05, 0.1) is 19.3 Å². The maximum absolute atomic E-state index is 15.1. The number of carbonyl (C=O) groups is 1. The SMILES string of the molecule is COc1c(F)c(C)c(C(=O)Oc2ccccc2)c(OCc2ccccc2)c1/C=C/CO. The van der Waals surface area contributed by atoms with Crippen molar-refractivity contribution in [2.45, 2.75) is 13.5 Å². The average Bonchev–Trinajstić information content (AvgIpc) is 2.79. The minimum Gasteiger partial charge on any atom is -0.493 e. The highest BCUT2D eigenvalue weighted by molar-refractivity contribution is 5.98. The van der Waals surface area contributed by atoms with Gasteiger partial charge in [-0.2, -0.15) is 0 Å². The van der Waals surface area contributed by atoms with Gasteiger partial charge in [-0.1, -0.05) is 54.6 Å². The van der Waals surface area contributed by atoms with E-state index in [4.69, 9.17) is 14.2 Å². The first-order valence-corrected chi connectivity index (χ1v) is 9.68. The van der Waals surface area contributed by atoms with Gasteiger partial charge in [0.15, 0.2) is 11.6 Å². The van der Waals surface area contributed by atoms with Crippen molar-refractivity contribution >= 4 is 12.0 Å². The number of benzene rings is 3. The third kappa shape index (κ3) is 5.10. The van der Waals surface area contributed by atoms with E-state index in [2.05, 4.69) is 0 Å². The summed E-state index contributed by atoms with van der Waals surface area (Å²) in [7, 11) is 1.33. The van der Waals surface area contributed by atoms with Crippen molar-refractivity contribution in [3.8, 4) is 17.2 Å². The number of aliphatic hydroxyl groups excluding tert-OH is 1. The Morgan fingerprint density at radius 1 is 1.03 bits per heavy atom. The zero-order valence-electron chi connectivity index (χ0n) is 17.3. The van der Waals surface area contributed by atoms with Crippen LogP contribution in [0.2, 0.25) is 0 Å². The molecule has 5 nitrogen and oxygen atoms in total. The van der Waals surface area contributed by atoms with Gasteiger partial charge < -0.3 is 19.3 Å². The fourth-order valence-corrected chi connectivity index (χ4v) is 3.10. The van der Waals surface area contributed by atoms with Crippen LogP contribution in [0.1, 0.15) is 27.0 Å². The van der Waals surface area contributed by atoms with Crippen LogP contribution in [0.3, 0.4) is 0 Å². The number of hydrogen-bond donors (Lipinski definition) is 1. The monoisotopic (exact) mass is 422 g/mol. The van der Waals surface area contributed by atoms with E-state index >= 15 is 4.39 Å². The van der Waals surface area contributed by atoms with Crippen LogP contribution in [0.15, 0.2) is 66.7 Å². The second-order valence-electron chi connectivity index (χ2n) is 6.65. The van der Waals surface area contributed by atoms with E-state index in [9.17, 15) is 9.90 Å². The molecule has 0 amide bonds. The molecule has 0 spiro atoms. The zero-order valence-corrected chi connectivity index (χ0v) is 17.3. The second-order valence-corrected chi connectivity index (χ2v) is 6.65. The summed E-state index contributed by atoms with van der Waals surface area (Å²) < 4.78 is 31.8. The summed E-state index contributed by atoms with van der Waals surface area (Å²) in [6.45, 7) is 1.33. The molecule has 1 N–H and O–H groups in total. The number of hydrogen-bond acceptors (Lipinski definition) is 5. The maximum Gasteiger partial charge on any atom is 0.347 e. The number of rotatable bonds is 8. The van der Waals surface area contributed by atoms with Crippen LogP contribution in [0.5, 0.6) is 17.2 Å². The van der Waals surface area contributed by atoms with E-state index in [1.165, 1.54) is 26.2 Å². The second kappa shape index (κ2) is 10.4. The number of halogens is 1. The number of carbonyl (C=O) groups excluding carboxylic acids is 1. The molecule has 0 aliphatic heterocycles. The highest BCUT2D eigenvalue weighted by Crippen LogP contribution is 2.40. The molecule has 0 bridgehead atoms. The molecule has 160 valence electrons. The van der Waals surface area contributed by atoms with E-state index in [-0.39, 0.29) is 41.4 Å². The van der Waals surface area contributed by atoms with Crippen LogP contribution in [0.4, 0.5) is 4.39 Å². The van der Waals surface area contributed by atoms with Crippen molar-refractivity contribution in [1.29, 1.82) is 0 Å². The predicted octanol–water partition coefficient (Wildman–Crippen LogP) is 4.95. The number of para-hydroxylation sites is 1. The zero-order chi connectivity index (χ0) is 22.2. The smallest absolute Gasteiger partial charge is 0.347 e. The number of esters is 1. The molecule has 0 aromatic heterocycles. The Morgan fingerprint density at radius 2 is 1.68 bits per heavy atom. The van der Waals surface area contributed by atoms with Crippen molar-refractivity contribution < 1.29 is 28.5 Å². The Labute approximate surface area is 180 Å². The van der Waals surface area contributed by atoms with Gasteiger partial charge in [-0.25, -0.2) is 9.18 Å². The van der Waals surface area contributed by atoms with Gasteiger partial charge in [-0.3, -0.25) is 0 Å². The van der Waals surface area contributed by atoms with Crippen LogP contribution in [0.25, 0.3) is 6.08 Å². The summed E-state index contributed by atoms with van der Waals surface area (Å²) in [5, 5.41) is 9.23. The Morgan fingerprint density at radius 3 is 2.29 bits per heavy atom. The van der Waals surface area contributed by atoms with Crippen LogP contribution >= 0.6 is 0 Å². The lowest BCUT2D eigenvalue weighted by Gasteiger charge is -2.20. The van der Waals surface area contributed by atoms with Crippen LogP contribution < -0.4 is 14.2 Å². The topological polar surface area (TPSA) is 65.0 Å². The van der Waals surface area contributed by atoms with Crippen molar-refractivity contribution in [2.75, 3.05) is 13.7 Å². The molecule has 6 heteroatoms. The Kier molecular flexibility index (Phi) is 7.40. The summed E-state index contributed by atoms with van der Waals surface area (Å²) in [5.41, 5.74) is 1.07. The fraction of sp³-hybridized carbons (Fsp3) is 0.160. The van der Waals surface area contributed by atoms with E-state index in [1.54, 1.807) is 30.3 Å². The molecule has 3 aromatic carbocycles. The quantitative estimate of drug-likeness (QED) is 0.411. The first-order chi connectivity index (χ1) is 15.1. The molecule has 0 unspecified atom stereocenters. The van der Waals surface area contributed by atoms with Crippen LogP contribution in [-0.4, -0.2) is 24.8 Å². The van der Waals surface area contributed by atoms with E-state index in [0.29, 0.717) is 5.75 Å².